The van der Waals surface area contributed by atoms with E-state index < -0.39 is 11.8 Å². The third-order valence-electron chi connectivity index (χ3n) is 5.69. The van der Waals surface area contributed by atoms with Crippen LogP contribution in [0.2, 0.25) is 0 Å². The van der Waals surface area contributed by atoms with Gasteiger partial charge in [0.1, 0.15) is 18.1 Å². The van der Waals surface area contributed by atoms with Gasteiger partial charge in [-0.3, -0.25) is 9.59 Å². The van der Waals surface area contributed by atoms with Crippen LogP contribution in [0.1, 0.15) is 11.1 Å². The lowest BCUT2D eigenvalue weighted by atomic mass is 10.1. The summed E-state index contributed by atoms with van der Waals surface area (Å²) in [6.45, 7) is 0.370. The van der Waals surface area contributed by atoms with Crippen molar-refractivity contribution in [2.45, 2.75) is 6.61 Å². The van der Waals surface area contributed by atoms with Gasteiger partial charge in [-0.25, -0.2) is 5.43 Å². The molecule has 0 aliphatic heterocycles. The molecular weight excluding hydrogens is 486 g/mol. The SMILES string of the molecule is COc1ccc(NC(=O)C(=O)N/N=C/c2ccc(OCc3cccc4ccccc34)c(OC)c2)c(OC)c1. The van der Waals surface area contributed by atoms with Crippen molar-refractivity contribution < 1.29 is 28.5 Å². The largest absolute Gasteiger partial charge is 0.497 e. The van der Waals surface area contributed by atoms with E-state index >= 15 is 0 Å². The van der Waals surface area contributed by atoms with Crippen LogP contribution < -0.4 is 29.7 Å². The fraction of sp³-hybridized carbons (Fsp3) is 0.138. The van der Waals surface area contributed by atoms with Gasteiger partial charge >= 0.3 is 11.8 Å². The van der Waals surface area contributed by atoms with E-state index in [1.54, 1.807) is 43.5 Å². The summed E-state index contributed by atoms with van der Waals surface area (Å²) in [5, 5.41) is 8.63. The van der Waals surface area contributed by atoms with Crippen LogP contribution in [0.4, 0.5) is 5.69 Å². The summed E-state index contributed by atoms with van der Waals surface area (Å²) in [7, 11) is 4.50. The van der Waals surface area contributed by atoms with Crippen LogP contribution in [0.15, 0.2) is 84.0 Å². The normalized spacial score (nSPS) is 10.7. The average molecular weight is 514 g/mol. The molecule has 0 heterocycles. The maximum absolute atomic E-state index is 12.3. The Kier molecular flexibility index (Phi) is 8.40. The van der Waals surface area contributed by atoms with Crippen molar-refractivity contribution in [2.75, 3.05) is 26.6 Å². The van der Waals surface area contributed by atoms with E-state index in [0.717, 1.165) is 16.3 Å². The van der Waals surface area contributed by atoms with Gasteiger partial charge < -0.3 is 24.3 Å². The molecule has 2 amide bonds. The minimum atomic E-state index is -0.943. The van der Waals surface area contributed by atoms with Crippen molar-refractivity contribution in [1.82, 2.24) is 5.43 Å². The van der Waals surface area contributed by atoms with Crippen LogP contribution in [-0.4, -0.2) is 39.4 Å². The van der Waals surface area contributed by atoms with E-state index in [4.69, 9.17) is 18.9 Å². The second-order valence-electron chi connectivity index (χ2n) is 8.06. The zero-order valence-corrected chi connectivity index (χ0v) is 21.2. The predicted octanol–water partition coefficient (Wildman–Crippen LogP) is 4.53. The Balaban J connectivity index is 1.36. The van der Waals surface area contributed by atoms with Gasteiger partial charge in [0, 0.05) is 6.07 Å². The maximum atomic E-state index is 12.3. The minimum Gasteiger partial charge on any atom is -0.497 e. The Labute approximate surface area is 220 Å². The molecule has 194 valence electrons. The molecule has 0 unspecified atom stereocenters. The molecule has 38 heavy (non-hydrogen) atoms. The quantitative estimate of drug-likeness (QED) is 0.193. The highest BCUT2D eigenvalue weighted by atomic mass is 16.5. The van der Waals surface area contributed by atoms with Crippen LogP contribution >= 0.6 is 0 Å². The molecule has 0 spiro atoms. The van der Waals surface area contributed by atoms with E-state index in [-0.39, 0.29) is 0 Å². The number of fused-ring (bicyclic) bond motifs is 1. The number of nitrogens with one attached hydrogen (secondary N) is 2. The molecule has 2 N–H and O–H groups in total. The lowest BCUT2D eigenvalue weighted by Gasteiger charge is -2.12. The minimum absolute atomic E-state index is 0.321. The van der Waals surface area contributed by atoms with Gasteiger partial charge in [0.05, 0.1) is 33.2 Å². The number of hydrogen-bond acceptors (Lipinski definition) is 7. The van der Waals surface area contributed by atoms with Crippen LogP contribution in [0.5, 0.6) is 23.0 Å². The molecule has 9 nitrogen and oxygen atoms in total. The summed E-state index contributed by atoms with van der Waals surface area (Å²) in [6, 6.07) is 24.3. The summed E-state index contributed by atoms with van der Waals surface area (Å²) in [5.41, 5.74) is 4.22. The molecule has 0 fully saturated rings. The van der Waals surface area contributed by atoms with Gasteiger partial charge in [-0.1, -0.05) is 42.5 Å². The molecule has 0 aliphatic carbocycles. The summed E-state index contributed by atoms with van der Waals surface area (Å²) in [4.78, 5) is 24.5. The third kappa shape index (κ3) is 6.19. The topological polar surface area (TPSA) is 107 Å². The van der Waals surface area contributed by atoms with E-state index in [2.05, 4.69) is 34.0 Å². The molecule has 0 saturated heterocycles. The molecule has 0 radical (unpaired) electrons. The Bertz CT molecular complexity index is 1480. The molecule has 4 aromatic carbocycles. The summed E-state index contributed by atoms with van der Waals surface area (Å²) in [6.07, 6.45) is 1.40. The van der Waals surface area contributed by atoms with Crippen molar-refractivity contribution in [2.24, 2.45) is 5.10 Å². The molecule has 0 bridgehead atoms. The van der Waals surface area contributed by atoms with Crippen LogP contribution in [0.25, 0.3) is 10.8 Å². The van der Waals surface area contributed by atoms with E-state index in [9.17, 15) is 9.59 Å². The lowest BCUT2D eigenvalue weighted by molar-refractivity contribution is -0.136. The number of ether oxygens (including phenoxy) is 4. The zero-order valence-electron chi connectivity index (χ0n) is 21.2. The maximum Gasteiger partial charge on any atom is 0.329 e. The lowest BCUT2D eigenvalue weighted by Crippen LogP contribution is -2.32. The van der Waals surface area contributed by atoms with E-state index in [0.29, 0.717) is 40.9 Å². The average Bonchev–Trinajstić information content (AvgIpc) is 2.96. The Morgan fingerprint density at radius 1 is 0.789 bits per heavy atom. The number of methoxy groups -OCH3 is 3. The highest BCUT2D eigenvalue weighted by Crippen LogP contribution is 2.30. The van der Waals surface area contributed by atoms with Crippen LogP contribution in [-0.2, 0) is 16.2 Å². The number of hydrogen-bond donors (Lipinski definition) is 2. The zero-order chi connectivity index (χ0) is 26.9. The molecule has 0 atom stereocenters. The highest BCUT2D eigenvalue weighted by Gasteiger charge is 2.16. The number of amides is 2. The molecule has 4 aromatic rings. The van der Waals surface area contributed by atoms with Crippen molar-refractivity contribution in [3.8, 4) is 23.0 Å². The first-order valence-electron chi connectivity index (χ1n) is 11.7. The highest BCUT2D eigenvalue weighted by molar-refractivity contribution is 6.39. The standard InChI is InChI=1S/C29H27N3O6/c1-35-22-12-13-24(26(16-22)36-2)31-28(33)29(34)32-30-17-19-11-14-25(27(15-19)37-3)38-18-21-9-6-8-20-7-4-5-10-23(20)21/h4-17H,18H2,1-3H3,(H,31,33)(H,32,34)/b30-17+. The van der Waals surface area contributed by atoms with Crippen LogP contribution in [0, 0.1) is 0 Å². The van der Waals surface area contributed by atoms with Gasteiger partial charge in [-0.15, -0.1) is 0 Å². The molecule has 0 saturated carbocycles. The predicted molar refractivity (Wildman–Crippen MR) is 145 cm³/mol. The van der Waals surface area contributed by atoms with Crippen molar-refractivity contribution in [3.63, 3.8) is 0 Å². The number of carbonyl (C=O) groups is 2. The number of benzene rings is 4. The van der Waals surface area contributed by atoms with E-state index in [1.807, 2.05) is 24.3 Å². The summed E-state index contributed by atoms with van der Waals surface area (Å²) in [5.74, 6) is 0.124. The number of carbonyl (C=O) groups excluding carboxylic acids is 2. The second-order valence-corrected chi connectivity index (χ2v) is 8.06. The Morgan fingerprint density at radius 3 is 2.37 bits per heavy atom. The molecule has 0 aromatic heterocycles. The Hall–Kier alpha value is -5.05. The van der Waals surface area contributed by atoms with Gasteiger partial charge in [0.2, 0.25) is 0 Å². The van der Waals surface area contributed by atoms with Crippen molar-refractivity contribution in [1.29, 1.82) is 0 Å². The van der Waals surface area contributed by atoms with Crippen LogP contribution in [0.3, 0.4) is 0 Å². The monoisotopic (exact) mass is 513 g/mol. The first-order valence-corrected chi connectivity index (χ1v) is 11.7. The fourth-order valence-corrected chi connectivity index (χ4v) is 3.75. The summed E-state index contributed by atoms with van der Waals surface area (Å²) >= 11 is 0. The van der Waals surface area contributed by atoms with Gasteiger partial charge in [0.15, 0.2) is 11.5 Å². The molecule has 0 aliphatic rings. The molecule has 4 rings (SSSR count). The second kappa shape index (κ2) is 12.3. The van der Waals surface area contributed by atoms with Crippen molar-refractivity contribution >= 4 is 34.5 Å². The van der Waals surface area contributed by atoms with Gasteiger partial charge in [-0.2, -0.15) is 5.10 Å². The van der Waals surface area contributed by atoms with Gasteiger partial charge in [-0.05, 0) is 52.2 Å². The molecule has 9 heteroatoms. The number of anilines is 1. The third-order valence-corrected chi connectivity index (χ3v) is 5.69. The fourth-order valence-electron chi connectivity index (χ4n) is 3.75. The summed E-state index contributed by atoms with van der Waals surface area (Å²) < 4.78 is 21.9. The first-order chi connectivity index (χ1) is 18.5. The van der Waals surface area contributed by atoms with Crippen molar-refractivity contribution in [3.05, 3.63) is 90.0 Å². The first kappa shape index (κ1) is 26.0. The Morgan fingerprint density at radius 2 is 1.58 bits per heavy atom. The number of rotatable bonds is 9. The smallest absolute Gasteiger partial charge is 0.329 e. The number of nitrogens with zero attached hydrogens (tertiary/aromatic N) is 1. The molecular formula is C29H27N3O6. The van der Waals surface area contributed by atoms with Gasteiger partial charge in [0.25, 0.3) is 0 Å². The van der Waals surface area contributed by atoms with E-state index in [1.165, 1.54) is 20.4 Å². The number of hydrazone groups is 1.